The molecule has 24 heavy (non-hydrogen) atoms. The molecule has 1 aliphatic heterocycles. The summed E-state index contributed by atoms with van der Waals surface area (Å²) in [5.41, 5.74) is 0.654. The Hall–Kier alpha value is -1.93. The molecule has 0 unspecified atom stereocenters. The van der Waals surface area contributed by atoms with Gasteiger partial charge in [0.05, 0.1) is 30.0 Å². The summed E-state index contributed by atoms with van der Waals surface area (Å²) >= 11 is 0. The number of ether oxygens (including phenoxy) is 1. The predicted octanol–water partition coefficient (Wildman–Crippen LogP) is 1.47. The molecule has 1 aromatic carbocycles. The number of sulfonamides is 1. The van der Waals surface area contributed by atoms with Crippen molar-refractivity contribution in [2.75, 3.05) is 31.3 Å². The van der Waals surface area contributed by atoms with Gasteiger partial charge >= 0.3 is 5.97 Å². The molecule has 1 heterocycles. The lowest BCUT2D eigenvalue weighted by molar-refractivity contribution is -0.120. The van der Waals surface area contributed by atoms with Crippen LogP contribution in [0.25, 0.3) is 0 Å². The van der Waals surface area contributed by atoms with E-state index >= 15 is 0 Å². The maximum atomic E-state index is 12.5. The first kappa shape index (κ1) is 18.4. The van der Waals surface area contributed by atoms with Crippen molar-refractivity contribution >= 4 is 27.6 Å². The minimum atomic E-state index is -3.31. The Kier molecular flexibility index (Phi) is 5.95. The topological polar surface area (TPSA) is 92.8 Å². The maximum absolute atomic E-state index is 12.5. The second kappa shape index (κ2) is 7.76. The van der Waals surface area contributed by atoms with E-state index in [9.17, 15) is 18.0 Å². The monoisotopic (exact) mass is 354 g/mol. The van der Waals surface area contributed by atoms with Crippen molar-refractivity contribution in [3.63, 3.8) is 0 Å². The third-order valence-corrected chi connectivity index (χ3v) is 5.17. The largest absolute Gasteiger partial charge is 0.462 e. The van der Waals surface area contributed by atoms with Gasteiger partial charge in [0.2, 0.25) is 15.9 Å². The molecule has 1 N–H and O–H groups in total. The van der Waals surface area contributed by atoms with Crippen LogP contribution in [0, 0.1) is 5.92 Å². The summed E-state index contributed by atoms with van der Waals surface area (Å²) in [5.74, 6) is -1.24. The Morgan fingerprint density at radius 2 is 2.04 bits per heavy atom. The zero-order valence-electron chi connectivity index (χ0n) is 13.8. The molecule has 1 saturated heterocycles. The molecule has 0 saturated carbocycles. The molecule has 132 valence electrons. The fourth-order valence-corrected chi connectivity index (χ4v) is 3.58. The number of piperidine rings is 1. The molecule has 1 atom stereocenters. The average molecular weight is 354 g/mol. The van der Waals surface area contributed by atoms with E-state index in [1.54, 1.807) is 31.2 Å². The van der Waals surface area contributed by atoms with Crippen LogP contribution >= 0.6 is 0 Å². The molecule has 1 fully saturated rings. The van der Waals surface area contributed by atoms with E-state index < -0.39 is 21.9 Å². The standard InChI is InChI=1S/C16H22N2O5S/c1-3-23-16(20)13-8-4-5-9-14(13)17-15(19)12-7-6-10-18(11-12)24(2,21)22/h4-5,8-9,12H,3,6-7,10-11H2,1-2H3,(H,17,19)/t12-/m1/s1. The Labute approximate surface area is 142 Å². The van der Waals surface area contributed by atoms with Crippen LogP contribution in [0.3, 0.4) is 0 Å². The van der Waals surface area contributed by atoms with Crippen LogP contribution in [-0.4, -0.2) is 50.6 Å². The van der Waals surface area contributed by atoms with E-state index in [1.807, 2.05) is 0 Å². The number of amides is 1. The fourth-order valence-electron chi connectivity index (χ4n) is 2.67. The zero-order valence-corrected chi connectivity index (χ0v) is 14.6. The third kappa shape index (κ3) is 4.55. The highest BCUT2D eigenvalue weighted by molar-refractivity contribution is 7.88. The van der Waals surface area contributed by atoms with Crippen molar-refractivity contribution in [3.05, 3.63) is 29.8 Å². The number of hydrogen-bond acceptors (Lipinski definition) is 5. The highest BCUT2D eigenvalue weighted by atomic mass is 32.2. The lowest BCUT2D eigenvalue weighted by Crippen LogP contribution is -2.43. The number of esters is 1. The van der Waals surface area contributed by atoms with Gasteiger partial charge in [-0.2, -0.15) is 0 Å². The first-order valence-corrected chi connectivity index (χ1v) is 9.70. The van der Waals surface area contributed by atoms with Gasteiger partial charge in [-0.25, -0.2) is 17.5 Å². The number of benzene rings is 1. The van der Waals surface area contributed by atoms with Crippen molar-refractivity contribution in [1.82, 2.24) is 4.31 Å². The van der Waals surface area contributed by atoms with Crippen LogP contribution < -0.4 is 5.32 Å². The minimum Gasteiger partial charge on any atom is -0.462 e. The molecule has 1 amide bonds. The Morgan fingerprint density at radius 3 is 2.71 bits per heavy atom. The van der Waals surface area contributed by atoms with Crippen molar-refractivity contribution in [2.45, 2.75) is 19.8 Å². The minimum absolute atomic E-state index is 0.159. The number of rotatable bonds is 5. The van der Waals surface area contributed by atoms with Crippen LogP contribution in [-0.2, 0) is 19.6 Å². The van der Waals surface area contributed by atoms with E-state index in [2.05, 4.69) is 5.32 Å². The number of hydrogen-bond donors (Lipinski definition) is 1. The number of para-hydroxylation sites is 1. The lowest BCUT2D eigenvalue weighted by atomic mass is 9.98. The van der Waals surface area contributed by atoms with E-state index in [0.717, 1.165) is 6.26 Å². The Bertz CT molecular complexity index is 717. The fraction of sp³-hybridized carbons (Fsp3) is 0.500. The van der Waals surface area contributed by atoms with Gasteiger partial charge in [0.15, 0.2) is 0 Å². The Morgan fingerprint density at radius 1 is 1.33 bits per heavy atom. The number of nitrogens with zero attached hydrogens (tertiary/aromatic N) is 1. The van der Waals surface area contributed by atoms with Crippen LogP contribution in [0.4, 0.5) is 5.69 Å². The predicted molar refractivity (Wildman–Crippen MR) is 90.2 cm³/mol. The number of carbonyl (C=O) groups excluding carboxylic acids is 2. The summed E-state index contributed by atoms with van der Waals surface area (Å²) in [6.07, 6.45) is 2.38. The zero-order chi connectivity index (χ0) is 17.7. The molecule has 7 nitrogen and oxygen atoms in total. The third-order valence-electron chi connectivity index (χ3n) is 3.90. The summed E-state index contributed by atoms with van der Waals surface area (Å²) in [5, 5.41) is 2.73. The summed E-state index contributed by atoms with van der Waals surface area (Å²) in [6, 6.07) is 6.61. The Balaban J connectivity index is 2.11. The average Bonchev–Trinajstić information content (AvgIpc) is 2.55. The van der Waals surface area contributed by atoms with Crippen LogP contribution in [0.2, 0.25) is 0 Å². The first-order chi connectivity index (χ1) is 11.3. The molecule has 1 aliphatic rings. The maximum Gasteiger partial charge on any atom is 0.340 e. The van der Waals surface area contributed by atoms with E-state index in [0.29, 0.717) is 25.1 Å². The molecule has 8 heteroatoms. The smallest absolute Gasteiger partial charge is 0.340 e. The molecule has 0 spiro atoms. The van der Waals surface area contributed by atoms with Gasteiger partial charge in [-0.05, 0) is 31.9 Å². The SMILES string of the molecule is CCOC(=O)c1ccccc1NC(=O)[C@@H]1CCCN(S(C)(=O)=O)C1. The van der Waals surface area contributed by atoms with Gasteiger partial charge < -0.3 is 10.1 Å². The van der Waals surface area contributed by atoms with E-state index in [-0.39, 0.29) is 24.6 Å². The second-order valence-electron chi connectivity index (χ2n) is 5.72. The van der Waals surface area contributed by atoms with Crippen LogP contribution in [0.1, 0.15) is 30.1 Å². The van der Waals surface area contributed by atoms with E-state index in [4.69, 9.17) is 4.74 Å². The van der Waals surface area contributed by atoms with Crippen LogP contribution in [0.5, 0.6) is 0 Å². The molecule has 0 radical (unpaired) electrons. The number of anilines is 1. The van der Waals surface area contributed by atoms with Crippen molar-refractivity contribution in [3.8, 4) is 0 Å². The van der Waals surface area contributed by atoms with Gasteiger partial charge in [0, 0.05) is 13.1 Å². The molecule has 0 bridgehead atoms. The van der Waals surface area contributed by atoms with Gasteiger partial charge in [-0.15, -0.1) is 0 Å². The number of nitrogens with one attached hydrogen (secondary N) is 1. The molecule has 0 aliphatic carbocycles. The summed E-state index contributed by atoms with van der Waals surface area (Å²) in [7, 11) is -3.31. The summed E-state index contributed by atoms with van der Waals surface area (Å²) in [4.78, 5) is 24.4. The van der Waals surface area contributed by atoms with Gasteiger partial charge in [-0.1, -0.05) is 12.1 Å². The van der Waals surface area contributed by atoms with Crippen molar-refractivity contribution in [1.29, 1.82) is 0 Å². The summed E-state index contributed by atoms with van der Waals surface area (Å²) < 4.78 is 29.6. The quantitative estimate of drug-likeness (QED) is 0.809. The normalized spacial score (nSPS) is 18.8. The first-order valence-electron chi connectivity index (χ1n) is 7.85. The van der Waals surface area contributed by atoms with Crippen molar-refractivity contribution in [2.24, 2.45) is 5.92 Å². The molecule has 0 aromatic heterocycles. The van der Waals surface area contributed by atoms with E-state index in [1.165, 1.54) is 4.31 Å². The second-order valence-corrected chi connectivity index (χ2v) is 7.70. The van der Waals surface area contributed by atoms with Crippen molar-refractivity contribution < 1.29 is 22.7 Å². The molecule has 1 aromatic rings. The van der Waals surface area contributed by atoms with Gasteiger partial charge in [0.1, 0.15) is 0 Å². The molecule has 2 rings (SSSR count). The number of carbonyl (C=O) groups is 2. The molecular weight excluding hydrogens is 332 g/mol. The molecular formula is C16H22N2O5S. The summed E-state index contributed by atoms with van der Waals surface area (Å²) in [6.45, 7) is 2.54. The highest BCUT2D eigenvalue weighted by Gasteiger charge is 2.30. The lowest BCUT2D eigenvalue weighted by Gasteiger charge is -2.30. The van der Waals surface area contributed by atoms with Crippen LogP contribution in [0.15, 0.2) is 24.3 Å². The highest BCUT2D eigenvalue weighted by Crippen LogP contribution is 2.22. The van der Waals surface area contributed by atoms with Gasteiger partial charge in [0.25, 0.3) is 0 Å². The van der Waals surface area contributed by atoms with Gasteiger partial charge in [-0.3, -0.25) is 4.79 Å².